The zero-order chi connectivity index (χ0) is 9.68. The van der Waals surface area contributed by atoms with Crippen molar-refractivity contribution < 1.29 is 9.69 Å². The summed E-state index contributed by atoms with van der Waals surface area (Å²) in [4.78, 5) is 14.9. The number of hydrogen-bond acceptors (Lipinski definition) is 1. The molecule has 0 unspecified atom stereocenters. The van der Waals surface area contributed by atoms with Crippen molar-refractivity contribution in [2.24, 2.45) is 0 Å². The molecule has 0 atom stereocenters. The third kappa shape index (κ3) is 3.22. The van der Waals surface area contributed by atoms with Gasteiger partial charge in [-0.3, -0.25) is 0 Å². The zero-order valence-electron chi connectivity index (χ0n) is 8.60. The van der Waals surface area contributed by atoms with Crippen LogP contribution in [0.4, 0.5) is 4.79 Å². The first-order valence-corrected chi connectivity index (χ1v) is 5.08. The summed E-state index contributed by atoms with van der Waals surface area (Å²) in [6.07, 6.45) is 1.00. The van der Waals surface area contributed by atoms with Crippen molar-refractivity contribution in [3.05, 3.63) is 0 Å². The lowest BCUT2D eigenvalue weighted by molar-refractivity contribution is -0.883. The highest BCUT2D eigenvalue weighted by Crippen LogP contribution is 1.89. The van der Waals surface area contributed by atoms with E-state index >= 15 is 0 Å². The number of quaternary nitrogens is 1. The van der Waals surface area contributed by atoms with Gasteiger partial charge in [0.15, 0.2) is 0 Å². The number of hydrogen-bond donors (Lipinski definition) is 2. The van der Waals surface area contributed by atoms with Crippen LogP contribution in [0.15, 0.2) is 0 Å². The molecule has 4 nitrogen and oxygen atoms in total. The second-order valence-electron chi connectivity index (χ2n) is 3.68. The second-order valence-corrected chi connectivity index (χ2v) is 3.68. The summed E-state index contributed by atoms with van der Waals surface area (Å²) in [6, 6.07) is 0.106. The van der Waals surface area contributed by atoms with Gasteiger partial charge in [0.2, 0.25) is 0 Å². The minimum absolute atomic E-state index is 0.106. The third-order valence-corrected chi connectivity index (χ3v) is 2.43. The highest BCUT2D eigenvalue weighted by molar-refractivity contribution is 5.74. The van der Waals surface area contributed by atoms with E-state index in [1.807, 2.05) is 4.90 Å². The summed E-state index contributed by atoms with van der Waals surface area (Å²) in [5.74, 6) is 0. The molecule has 1 fully saturated rings. The zero-order valence-corrected chi connectivity index (χ0v) is 8.60. The van der Waals surface area contributed by atoms with Crippen LogP contribution >= 0.6 is 0 Å². The van der Waals surface area contributed by atoms with Gasteiger partial charge in [-0.1, -0.05) is 6.92 Å². The Labute approximate surface area is 79.9 Å². The summed E-state index contributed by atoms with van der Waals surface area (Å²) in [6.45, 7) is 6.77. The molecule has 0 radical (unpaired) electrons. The number of nitrogens with zero attached hydrogens (tertiary/aromatic N) is 1. The van der Waals surface area contributed by atoms with E-state index in [1.54, 1.807) is 0 Å². The number of urea groups is 1. The second kappa shape index (κ2) is 5.07. The molecule has 1 rings (SSSR count). The van der Waals surface area contributed by atoms with Crippen LogP contribution < -0.4 is 10.2 Å². The lowest BCUT2D eigenvalue weighted by atomic mass is 10.3. The molecular weight excluding hydrogens is 166 g/mol. The van der Waals surface area contributed by atoms with E-state index in [0.717, 1.165) is 39.1 Å². The summed E-state index contributed by atoms with van der Waals surface area (Å²) >= 11 is 0. The van der Waals surface area contributed by atoms with E-state index in [1.165, 1.54) is 4.90 Å². The van der Waals surface area contributed by atoms with Crippen LogP contribution in [0.3, 0.4) is 0 Å². The van der Waals surface area contributed by atoms with Gasteiger partial charge in [-0.2, -0.15) is 0 Å². The molecule has 4 heteroatoms. The third-order valence-electron chi connectivity index (χ3n) is 2.43. The fraction of sp³-hybridized carbons (Fsp3) is 0.889. The Morgan fingerprint density at radius 3 is 2.62 bits per heavy atom. The maximum absolute atomic E-state index is 11.5. The first-order chi connectivity index (χ1) is 6.24. The number of likely N-dealkylation sites (N-methyl/N-ethyl adjacent to an activating group) is 1. The van der Waals surface area contributed by atoms with E-state index in [0.29, 0.717) is 0 Å². The highest BCUT2D eigenvalue weighted by Gasteiger charge is 2.20. The number of piperazine rings is 1. The van der Waals surface area contributed by atoms with Crippen molar-refractivity contribution >= 4 is 6.03 Å². The van der Waals surface area contributed by atoms with Crippen LogP contribution in [0.25, 0.3) is 0 Å². The molecule has 1 aliphatic rings. The molecule has 76 valence electrons. The molecule has 0 aromatic carbocycles. The van der Waals surface area contributed by atoms with Gasteiger partial charge < -0.3 is 15.1 Å². The average molecular weight is 186 g/mol. The maximum Gasteiger partial charge on any atom is 0.317 e. The summed E-state index contributed by atoms with van der Waals surface area (Å²) in [5, 5.41) is 2.89. The molecule has 0 aliphatic carbocycles. The van der Waals surface area contributed by atoms with Gasteiger partial charge in [-0.25, -0.2) is 4.79 Å². The van der Waals surface area contributed by atoms with E-state index in [2.05, 4.69) is 19.3 Å². The van der Waals surface area contributed by atoms with Crippen molar-refractivity contribution in [1.82, 2.24) is 10.2 Å². The van der Waals surface area contributed by atoms with Crippen LogP contribution in [0, 0.1) is 0 Å². The molecule has 1 heterocycles. The van der Waals surface area contributed by atoms with Crippen molar-refractivity contribution in [3.8, 4) is 0 Å². The van der Waals surface area contributed by atoms with E-state index in [4.69, 9.17) is 0 Å². The predicted molar refractivity (Wildman–Crippen MR) is 51.9 cm³/mol. The molecule has 2 N–H and O–H groups in total. The quantitative estimate of drug-likeness (QED) is 0.566. The molecule has 0 aromatic heterocycles. The Balaban J connectivity index is 2.23. The molecule has 2 amide bonds. The lowest BCUT2D eigenvalue weighted by Crippen LogP contribution is -3.12. The Morgan fingerprint density at radius 1 is 1.46 bits per heavy atom. The van der Waals surface area contributed by atoms with Gasteiger partial charge in [0.25, 0.3) is 0 Å². The molecule has 0 bridgehead atoms. The predicted octanol–water partition coefficient (Wildman–Crippen LogP) is -1.06. The van der Waals surface area contributed by atoms with Gasteiger partial charge in [0, 0.05) is 6.54 Å². The Hall–Kier alpha value is -0.770. The topological polar surface area (TPSA) is 36.8 Å². The number of amides is 2. The monoisotopic (exact) mass is 186 g/mol. The van der Waals surface area contributed by atoms with Crippen LogP contribution in [0.1, 0.15) is 13.3 Å². The minimum atomic E-state index is 0.106. The van der Waals surface area contributed by atoms with E-state index in [-0.39, 0.29) is 6.03 Å². The van der Waals surface area contributed by atoms with Crippen molar-refractivity contribution in [2.75, 3.05) is 39.8 Å². The Bertz CT molecular complexity index is 164. The first kappa shape index (κ1) is 10.3. The Morgan fingerprint density at radius 2 is 2.08 bits per heavy atom. The molecule has 13 heavy (non-hydrogen) atoms. The highest BCUT2D eigenvalue weighted by atomic mass is 16.2. The molecule has 0 saturated carbocycles. The Kier molecular flexibility index (Phi) is 4.02. The van der Waals surface area contributed by atoms with Crippen LogP contribution in [-0.4, -0.2) is 50.7 Å². The van der Waals surface area contributed by atoms with Crippen molar-refractivity contribution in [2.45, 2.75) is 13.3 Å². The van der Waals surface area contributed by atoms with Gasteiger partial charge >= 0.3 is 6.03 Å². The van der Waals surface area contributed by atoms with Crippen LogP contribution in [0.2, 0.25) is 0 Å². The minimum Gasteiger partial charge on any atom is -0.338 e. The number of rotatable bonds is 2. The van der Waals surface area contributed by atoms with Gasteiger partial charge in [0.05, 0.1) is 33.2 Å². The van der Waals surface area contributed by atoms with Crippen LogP contribution in [0.5, 0.6) is 0 Å². The summed E-state index contributed by atoms with van der Waals surface area (Å²) < 4.78 is 0. The number of carbonyl (C=O) groups is 1. The molecular formula is C9H20N3O+. The molecule has 0 spiro atoms. The summed E-state index contributed by atoms with van der Waals surface area (Å²) in [5.41, 5.74) is 0. The molecule has 1 aliphatic heterocycles. The average Bonchev–Trinajstić information content (AvgIpc) is 2.15. The maximum atomic E-state index is 11.5. The summed E-state index contributed by atoms with van der Waals surface area (Å²) in [7, 11) is 2.17. The normalized spacial score (nSPS) is 18.8. The lowest BCUT2D eigenvalue weighted by Gasteiger charge is -2.30. The standard InChI is InChI=1S/C9H19N3O/c1-3-4-10-9(13)12-7-5-11(2)6-8-12/h3-8H2,1-2H3,(H,10,13)/p+1. The van der Waals surface area contributed by atoms with Crippen molar-refractivity contribution in [1.29, 1.82) is 0 Å². The largest absolute Gasteiger partial charge is 0.338 e. The first-order valence-electron chi connectivity index (χ1n) is 5.08. The van der Waals surface area contributed by atoms with E-state index < -0.39 is 0 Å². The van der Waals surface area contributed by atoms with Gasteiger partial charge in [-0.15, -0.1) is 0 Å². The fourth-order valence-corrected chi connectivity index (χ4v) is 1.44. The number of nitrogens with one attached hydrogen (secondary N) is 2. The molecule has 1 saturated heterocycles. The van der Waals surface area contributed by atoms with Gasteiger partial charge in [-0.05, 0) is 6.42 Å². The van der Waals surface area contributed by atoms with Crippen molar-refractivity contribution in [3.63, 3.8) is 0 Å². The van der Waals surface area contributed by atoms with Crippen LogP contribution in [-0.2, 0) is 0 Å². The smallest absolute Gasteiger partial charge is 0.317 e. The SMILES string of the molecule is CCCNC(=O)N1CC[NH+](C)CC1. The van der Waals surface area contributed by atoms with E-state index in [9.17, 15) is 4.79 Å². The molecule has 0 aromatic rings. The fourth-order valence-electron chi connectivity index (χ4n) is 1.44. The number of carbonyl (C=O) groups excluding carboxylic acids is 1. The van der Waals surface area contributed by atoms with Gasteiger partial charge in [0.1, 0.15) is 0 Å².